The summed E-state index contributed by atoms with van der Waals surface area (Å²) in [7, 11) is 0. The maximum atomic E-state index is 10.2. The highest BCUT2D eigenvalue weighted by atomic mass is 16.3. The summed E-state index contributed by atoms with van der Waals surface area (Å²) in [6, 6.07) is 18.6. The number of piperazine rings is 1. The van der Waals surface area contributed by atoms with Crippen molar-refractivity contribution in [3.8, 4) is 28.1 Å². The lowest BCUT2D eigenvalue weighted by Gasteiger charge is -2.42. The third kappa shape index (κ3) is 4.65. The van der Waals surface area contributed by atoms with E-state index in [2.05, 4.69) is 44.3 Å². The number of hydrogen-bond acceptors (Lipinski definition) is 7. The number of anilines is 2. The van der Waals surface area contributed by atoms with E-state index < -0.39 is 0 Å². The highest BCUT2D eigenvalue weighted by Gasteiger charge is 2.27. The van der Waals surface area contributed by atoms with Crippen LogP contribution in [0.3, 0.4) is 0 Å². The Balaban J connectivity index is 1.28. The molecular weight excluding hydrogens is 412 g/mol. The molecule has 0 atom stereocenters. The lowest BCUT2D eigenvalue weighted by atomic mass is 9.90. The van der Waals surface area contributed by atoms with Crippen LogP contribution in [0.1, 0.15) is 25.7 Å². The number of rotatable bonds is 4. The molecule has 1 aromatic heterocycles. The Labute approximate surface area is 195 Å². The predicted octanol–water partition coefficient (Wildman–Crippen LogP) is 3.49. The number of nitrogen functional groups attached to an aromatic ring is 1. The lowest BCUT2D eigenvalue weighted by molar-refractivity contribution is 0.142. The van der Waals surface area contributed by atoms with Gasteiger partial charge >= 0.3 is 0 Å². The molecule has 1 aliphatic heterocycles. The number of phenolic OH excluding ortho intramolecular Hbond substituents is 1. The van der Waals surface area contributed by atoms with Crippen LogP contribution in [0.25, 0.3) is 22.4 Å². The van der Waals surface area contributed by atoms with Crippen molar-refractivity contribution in [2.45, 2.75) is 37.8 Å². The molecule has 7 heteroatoms. The molecule has 0 bridgehead atoms. The van der Waals surface area contributed by atoms with Crippen LogP contribution in [-0.2, 0) is 0 Å². The molecule has 0 spiro atoms. The number of aromatic nitrogens is 2. The smallest absolute Gasteiger partial charge is 0.154 e. The van der Waals surface area contributed by atoms with E-state index in [9.17, 15) is 5.11 Å². The number of para-hydroxylation sites is 1. The Morgan fingerprint density at radius 3 is 2.21 bits per heavy atom. The zero-order chi connectivity index (χ0) is 22.8. The van der Waals surface area contributed by atoms with Crippen molar-refractivity contribution in [1.82, 2.24) is 15.1 Å². The van der Waals surface area contributed by atoms with Gasteiger partial charge in [-0.1, -0.05) is 24.3 Å². The van der Waals surface area contributed by atoms with Crippen molar-refractivity contribution >= 4 is 11.5 Å². The quantitative estimate of drug-likeness (QED) is 0.566. The Bertz CT molecular complexity index is 1090. The van der Waals surface area contributed by atoms with Gasteiger partial charge in [0.2, 0.25) is 0 Å². The van der Waals surface area contributed by atoms with Crippen LogP contribution in [0, 0.1) is 0 Å². The van der Waals surface area contributed by atoms with Gasteiger partial charge in [-0.05, 0) is 61.6 Å². The summed E-state index contributed by atoms with van der Waals surface area (Å²) < 4.78 is 0. The summed E-state index contributed by atoms with van der Waals surface area (Å²) in [6.07, 6.45) is 4.79. The number of benzene rings is 2. The maximum absolute atomic E-state index is 10.2. The molecule has 5 N–H and O–H groups in total. The Morgan fingerprint density at radius 1 is 0.818 bits per heavy atom. The number of nitrogens with zero attached hydrogens (tertiary/aromatic N) is 4. The number of hydrogen-bond donors (Lipinski definition) is 3. The van der Waals surface area contributed by atoms with Crippen LogP contribution in [-0.4, -0.2) is 58.5 Å². The Kier molecular flexibility index (Phi) is 6.15. The molecule has 3 aromatic rings. The highest BCUT2D eigenvalue weighted by molar-refractivity contribution is 5.79. The SMILES string of the molecule is Nc1nnc(-c2ccccc2O)cc1-c1ccc(N2CCN(C3CCC(N)CC3)CC2)cc1. The molecule has 7 nitrogen and oxygen atoms in total. The van der Waals surface area contributed by atoms with Gasteiger partial charge in [-0.15, -0.1) is 10.2 Å². The first-order valence-corrected chi connectivity index (χ1v) is 11.8. The summed E-state index contributed by atoms with van der Waals surface area (Å²) in [4.78, 5) is 5.11. The van der Waals surface area contributed by atoms with Crippen molar-refractivity contribution in [2.75, 3.05) is 36.8 Å². The van der Waals surface area contributed by atoms with Gasteiger partial charge < -0.3 is 21.5 Å². The van der Waals surface area contributed by atoms with Crippen molar-refractivity contribution < 1.29 is 5.11 Å². The second kappa shape index (κ2) is 9.37. The van der Waals surface area contributed by atoms with Gasteiger partial charge in [0, 0.05) is 55.1 Å². The molecule has 1 saturated carbocycles. The van der Waals surface area contributed by atoms with Crippen molar-refractivity contribution in [3.63, 3.8) is 0 Å². The van der Waals surface area contributed by atoms with Crippen LogP contribution >= 0.6 is 0 Å². The molecular formula is C26H32N6O. The van der Waals surface area contributed by atoms with Crippen molar-refractivity contribution in [2.24, 2.45) is 5.73 Å². The highest BCUT2D eigenvalue weighted by Crippen LogP contribution is 2.33. The van der Waals surface area contributed by atoms with E-state index in [1.165, 1.54) is 18.5 Å². The second-order valence-electron chi connectivity index (χ2n) is 9.18. The van der Waals surface area contributed by atoms with E-state index in [0.717, 1.165) is 50.1 Å². The summed E-state index contributed by atoms with van der Waals surface area (Å²) in [5.41, 5.74) is 16.5. The third-order valence-corrected chi connectivity index (χ3v) is 7.12. The average Bonchev–Trinajstić information content (AvgIpc) is 2.86. The lowest BCUT2D eigenvalue weighted by Crippen LogP contribution is -2.51. The van der Waals surface area contributed by atoms with Crippen LogP contribution in [0.4, 0.5) is 11.5 Å². The molecule has 1 aliphatic carbocycles. The first kappa shape index (κ1) is 21.7. The number of phenols is 1. The minimum Gasteiger partial charge on any atom is -0.507 e. The summed E-state index contributed by atoms with van der Waals surface area (Å²) in [5, 5.41) is 18.5. The molecule has 0 radical (unpaired) electrons. The molecule has 2 aliphatic rings. The van der Waals surface area contributed by atoms with Gasteiger partial charge in [0.05, 0.1) is 5.69 Å². The van der Waals surface area contributed by atoms with E-state index >= 15 is 0 Å². The Hall–Kier alpha value is -3.16. The van der Waals surface area contributed by atoms with Crippen molar-refractivity contribution in [1.29, 1.82) is 0 Å². The largest absolute Gasteiger partial charge is 0.507 e. The first-order chi connectivity index (χ1) is 16.1. The standard InChI is InChI=1S/C26H32N6O/c27-19-7-11-21(12-8-19)32-15-13-31(14-16-32)20-9-5-18(6-10-20)23-17-24(29-30-26(23)28)22-3-1-2-4-25(22)33/h1-6,9-10,17,19,21,33H,7-8,11-16,27H2,(H2,28,30). The third-order valence-electron chi connectivity index (χ3n) is 7.12. The fourth-order valence-corrected chi connectivity index (χ4v) is 5.12. The number of aromatic hydroxyl groups is 1. The van der Waals surface area contributed by atoms with Crippen LogP contribution in [0.2, 0.25) is 0 Å². The van der Waals surface area contributed by atoms with Gasteiger partial charge in [-0.2, -0.15) is 0 Å². The van der Waals surface area contributed by atoms with Crippen LogP contribution in [0.5, 0.6) is 5.75 Å². The molecule has 172 valence electrons. The van der Waals surface area contributed by atoms with E-state index in [4.69, 9.17) is 11.5 Å². The van der Waals surface area contributed by atoms with E-state index in [-0.39, 0.29) is 5.75 Å². The zero-order valence-corrected chi connectivity index (χ0v) is 18.9. The molecule has 5 rings (SSSR count). The van der Waals surface area contributed by atoms with E-state index in [1.807, 2.05) is 18.2 Å². The van der Waals surface area contributed by atoms with Gasteiger partial charge in [-0.25, -0.2) is 0 Å². The van der Waals surface area contributed by atoms with E-state index in [1.54, 1.807) is 12.1 Å². The van der Waals surface area contributed by atoms with Gasteiger partial charge in [0.15, 0.2) is 5.82 Å². The second-order valence-corrected chi connectivity index (χ2v) is 9.18. The van der Waals surface area contributed by atoms with E-state index in [0.29, 0.717) is 29.2 Å². The van der Waals surface area contributed by atoms with Crippen molar-refractivity contribution in [3.05, 3.63) is 54.6 Å². The molecule has 0 unspecified atom stereocenters. The number of nitrogens with two attached hydrogens (primary N) is 2. The predicted molar refractivity (Wildman–Crippen MR) is 133 cm³/mol. The molecule has 2 fully saturated rings. The first-order valence-electron chi connectivity index (χ1n) is 11.8. The Morgan fingerprint density at radius 2 is 1.52 bits per heavy atom. The normalized spacial score (nSPS) is 21.8. The van der Waals surface area contributed by atoms with Gasteiger partial charge in [0.25, 0.3) is 0 Å². The van der Waals surface area contributed by atoms with Gasteiger partial charge in [0.1, 0.15) is 5.75 Å². The average molecular weight is 445 g/mol. The molecule has 2 aromatic carbocycles. The molecule has 33 heavy (non-hydrogen) atoms. The fraction of sp³-hybridized carbons (Fsp3) is 0.385. The summed E-state index contributed by atoms with van der Waals surface area (Å²) in [6.45, 7) is 4.29. The van der Waals surface area contributed by atoms with Crippen LogP contribution in [0.15, 0.2) is 54.6 Å². The maximum Gasteiger partial charge on any atom is 0.154 e. The molecule has 1 saturated heterocycles. The minimum absolute atomic E-state index is 0.174. The summed E-state index contributed by atoms with van der Waals surface area (Å²) in [5.74, 6) is 0.552. The zero-order valence-electron chi connectivity index (χ0n) is 18.9. The minimum atomic E-state index is 0.174. The molecule has 2 heterocycles. The monoisotopic (exact) mass is 444 g/mol. The molecule has 0 amide bonds. The van der Waals surface area contributed by atoms with Crippen LogP contribution < -0.4 is 16.4 Å². The fourth-order valence-electron chi connectivity index (χ4n) is 5.12. The topological polar surface area (TPSA) is 105 Å². The van der Waals surface area contributed by atoms with Gasteiger partial charge in [-0.3, -0.25) is 4.90 Å². The summed E-state index contributed by atoms with van der Waals surface area (Å²) >= 11 is 0.